The summed E-state index contributed by atoms with van der Waals surface area (Å²) in [6.45, 7) is 2.13. The van der Waals surface area contributed by atoms with Crippen LogP contribution in [0.15, 0.2) is 42.7 Å². The fraction of sp³-hybridized carbons (Fsp3) is 0.333. The van der Waals surface area contributed by atoms with Crippen LogP contribution in [0.2, 0.25) is 0 Å². The monoisotopic (exact) mass is 254 g/mol. The normalized spacial score (nSPS) is 19.1. The zero-order valence-corrected chi connectivity index (χ0v) is 10.8. The number of nitrogens with zero attached hydrogens (tertiary/aromatic N) is 2. The highest BCUT2D eigenvalue weighted by atomic mass is 15.1. The summed E-state index contributed by atoms with van der Waals surface area (Å²) in [6.07, 6.45) is 4.03. The summed E-state index contributed by atoms with van der Waals surface area (Å²) < 4.78 is 0. The van der Waals surface area contributed by atoms with Gasteiger partial charge in [-0.3, -0.25) is 0 Å². The molecule has 19 heavy (non-hydrogen) atoms. The summed E-state index contributed by atoms with van der Waals surface area (Å²) >= 11 is 0. The average molecular weight is 254 g/mol. The van der Waals surface area contributed by atoms with Crippen LogP contribution >= 0.6 is 0 Å². The third-order valence-electron chi connectivity index (χ3n) is 3.39. The van der Waals surface area contributed by atoms with Crippen molar-refractivity contribution >= 4 is 5.82 Å². The highest BCUT2D eigenvalue weighted by Gasteiger charge is 2.13. The van der Waals surface area contributed by atoms with Crippen molar-refractivity contribution in [3.05, 3.63) is 42.7 Å². The van der Waals surface area contributed by atoms with Gasteiger partial charge in [-0.25, -0.2) is 9.97 Å². The van der Waals surface area contributed by atoms with Gasteiger partial charge < -0.3 is 10.6 Å². The second kappa shape index (κ2) is 5.80. The van der Waals surface area contributed by atoms with Crippen molar-refractivity contribution < 1.29 is 0 Å². The fourth-order valence-electron chi connectivity index (χ4n) is 2.39. The molecule has 1 unspecified atom stereocenters. The minimum Gasteiger partial charge on any atom is -0.366 e. The maximum absolute atomic E-state index is 4.34. The number of benzene rings is 1. The second-order valence-electron chi connectivity index (χ2n) is 4.84. The first-order valence-corrected chi connectivity index (χ1v) is 6.76. The van der Waals surface area contributed by atoms with Crippen molar-refractivity contribution in [2.75, 3.05) is 18.4 Å². The molecule has 1 fully saturated rings. The summed E-state index contributed by atoms with van der Waals surface area (Å²) in [6, 6.07) is 12.7. The van der Waals surface area contributed by atoms with Crippen molar-refractivity contribution in [1.82, 2.24) is 15.3 Å². The molecule has 0 saturated carbocycles. The van der Waals surface area contributed by atoms with Gasteiger partial charge in [0, 0.05) is 24.2 Å². The van der Waals surface area contributed by atoms with E-state index in [0.717, 1.165) is 30.2 Å². The summed E-state index contributed by atoms with van der Waals surface area (Å²) in [5.74, 6) is 0.905. The summed E-state index contributed by atoms with van der Waals surface area (Å²) in [7, 11) is 0. The Kier molecular flexibility index (Phi) is 3.70. The van der Waals surface area contributed by atoms with E-state index in [4.69, 9.17) is 0 Å². The molecule has 0 spiro atoms. The standard InChI is InChI=1S/C15H18N4/c1-2-5-12(6-3-1)14-9-15(18-11-17-14)19-13-7-4-8-16-10-13/h1-3,5-6,9,11,13,16H,4,7-8,10H2,(H,17,18,19). The Morgan fingerprint density at radius 1 is 1.16 bits per heavy atom. The number of piperidine rings is 1. The molecule has 2 N–H and O–H groups in total. The molecule has 0 aliphatic carbocycles. The minimum atomic E-state index is 0.465. The van der Waals surface area contributed by atoms with E-state index in [-0.39, 0.29) is 0 Å². The zero-order valence-electron chi connectivity index (χ0n) is 10.8. The Morgan fingerprint density at radius 2 is 2.05 bits per heavy atom. The van der Waals surface area contributed by atoms with Gasteiger partial charge in [0.05, 0.1) is 5.69 Å². The molecule has 4 nitrogen and oxygen atoms in total. The molecule has 0 radical (unpaired) electrons. The van der Waals surface area contributed by atoms with Crippen LogP contribution in [0.4, 0.5) is 5.82 Å². The smallest absolute Gasteiger partial charge is 0.130 e. The number of hydrogen-bond donors (Lipinski definition) is 2. The van der Waals surface area contributed by atoms with Gasteiger partial charge in [-0.15, -0.1) is 0 Å². The van der Waals surface area contributed by atoms with Crippen molar-refractivity contribution in [1.29, 1.82) is 0 Å². The molecule has 3 rings (SSSR count). The molecule has 0 bridgehead atoms. The van der Waals surface area contributed by atoms with Crippen molar-refractivity contribution in [3.8, 4) is 11.3 Å². The van der Waals surface area contributed by atoms with Gasteiger partial charge in [0.2, 0.25) is 0 Å². The Labute approximate surface area is 113 Å². The molecular formula is C15H18N4. The van der Waals surface area contributed by atoms with E-state index < -0.39 is 0 Å². The van der Waals surface area contributed by atoms with Crippen LogP contribution < -0.4 is 10.6 Å². The van der Waals surface area contributed by atoms with Crippen LogP contribution in [-0.2, 0) is 0 Å². The summed E-state index contributed by atoms with van der Waals surface area (Å²) in [5, 5.41) is 6.87. The number of aromatic nitrogens is 2. The van der Waals surface area contributed by atoms with Crippen LogP contribution in [0.5, 0.6) is 0 Å². The Balaban J connectivity index is 1.76. The topological polar surface area (TPSA) is 49.8 Å². The molecule has 2 aromatic rings. The number of rotatable bonds is 3. The molecule has 1 aromatic heterocycles. The van der Waals surface area contributed by atoms with E-state index in [2.05, 4.69) is 32.7 Å². The zero-order chi connectivity index (χ0) is 12.9. The number of hydrogen-bond acceptors (Lipinski definition) is 4. The first kappa shape index (κ1) is 12.1. The molecule has 0 amide bonds. The van der Waals surface area contributed by atoms with Crippen LogP contribution in [0.3, 0.4) is 0 Å². The lowest BCUT2D eigenvalue weighted by Gasteiger charge is -2.24. The lowest BCUT2D eigenvalue weighted by atomic mass is 10.1. The van der Waals surface area contributed by atoms with E-state index in [1.54, 1.807) is 6.33 Å². The molecule has 1 aliphatic rings. The Morgan fingerprint density at radius 3 is 2.84 bits per heavy atom. The molecule has 2 heterocycles. The van der Waals surface area contributed by atoms with Crippen LogP contribution in [0.25, 0.3) is 11.3 Å². The summed E-state index contributed by atoms with van der Waals surface area (Å²) in [4.78, 5) is 8.64. The van der Waals surface area contributed by atoms with Crippen LogP contribution in [0.1, 0.15) is 12.8 Å². The second-order valence-corrected chi connectivity index (χ2v) is 4.84. The third kappa shape index (κ3) is 3.09. The highest BCUT2D eigenvalue weighted by Crippen LogP contribution is 2.19. The molecule has 1 aliphatic heterocycles. The Bertz CT molecular complexity index is 521. The maximum atomic E-state index is 4.34. The molecule has 1 saturated heterocycles. The third-order valence-corrected chi connectivity index (χ3v) is 3.39. The summed E-state index contributed by atoms with van der Waals surface area (Å²) in [5.41, 5.74) is 2.08. The molecular weight excluding hydrogens is 236 g/mol. The van der Waals surface area contributed by atoms with Gasteiger partial charge in [-0.1, -0.05) is 30.3 Å². The fourth-order valence-corrected chi connectivity index (χ4v) is 2.39. The van der Waals surface area contributed by atoms with E-state index in [1.807, 2.05) is 24.3 Å². The number of nitrogens with one attached hydrogen (secondary N) is 2. The van der Waals surface area contributed by atoms with Crippen molar-refractivity contribution in [2.45, 2.75) is 18.9 Å². The van der Waals surface area contributed by atoms with Crippen LogP contribution in [0, 0.1) is 0 Å². The van der Waals surface area contributed by atoms with E-state index in [9.17, 15) is 0 Å². The first-order valence-electron chi connectivity index (χ1n) is 6.76. The minimum absolute atomic E-state index is 0.465. The molecule has 4 heteroatoms. The SMILES string of the molecule is c1ccc(-c2cc(NC3CCCNC3)ncn2)cc1. The van der Waals surface area contributed by atoms with Crippen molar-refractivity contribution in [2.24, 2.45) is 0 Å². The maximum Gasteiger partial charge on any atom is 0.130 e. The van der Waals surface area contributed by atoms with E-state index in [0.29, 0.717) is 6.04 Å². The quantitative estimate of drug-likeness (QED) is 0.882. The molecule has 1 atom stereocenters. The molecule has 98 valence electrons. The molecule has 1 aromatic carbocycles. The van der Waals surface area contributed by atoms with E-state index in [1.165, 1.54) is 12.8 Å². The Hall–Kier alpha value is -1.94. The average Bonchev–Trinajstić information content (AvgIpc) is 2.49. The van der Waals surface area contributed by atoms with Gasteiger partial charge in [0.25, 0.3) is 0 Å². The van der Waals surface area contributed by atoms with Crippen LogP contribution in [-0.4, -0.2) is 29.1 Å². The van der Waals surface area contributed by atoms with Crippen molar-refractivity contribution in [3.63, 3.8) is 0 Å². The van der Waals surface area contributed by atoms with Gasteiger partial charge in [0.1, 0.15) is 12.1 Å². The van der Waals surface area contributed by atoms with Gasteiger partial charge >= 0.3 is 0 Å². The lowest BCUT2D eigenvalue weighted by molar-refractivity contribution is 0.479. The lowest BCUT2D eigenvalue weighted by Crippen LogP contribution is -2.38. The highest BCUT2D eigenvalue weighted by molar-refractivity contribution is 5.61. The number of anilines is 1. The van der Waals surface area contributed by atoms with E-state index >= 15 is 0 Å². The predicted molar refractivity (Wildman–Crippen MR) is 77.0 cm³/mol. The first-order chi connectivity index (χ1) is 9.42. The largest absolute Gasteiger partial charge is 0.366 e. The van der Waals surface area contributed by atoms with Gasteiger partial charge in [0.15, 0.2) is 0 Å². The van der Waals surface area contributed by atoms with Gasteiger partial charge in [-0.2, -0.15) is 0 Å². The predicted octanol–water partition coefficient (Wildman–Crippen LogP) is 2.31. The van der Waals surface area contributed by atoms with Gasteiger partial charge in [-0.05, 0) is 19.4 Å².